The minimum absolute atomic E-state index is 0.0826. The summed E-state index contributed by atoms with van der Waals surface area (Å²) in [6, 6.07) is 6.77. The van der Waals surface area contributed by atoms with E-state index in [1.165, 1.54) is 0 Å². The van der Waals surface area contributed by atoms with E-state index in [9.17, 15) is 13.2 Å². The number of aromatic nitrogens is 2. The van der Waals surface area contributed by atoms with E-state index in [0.29, 0.717) is 10.6 Å². The van der Waals surface area contributed by atoms with Crippen LogP contribution in [-0.2, 0) is 6.54 Å². The van der Waals surface area contributed by atoms with Crippen LogP contribution in [0.2, 0.25) is 5.02 Å². The van der Waals surface area contributed by atoms with Crippen molar-refractivity contribution >= 4 is 11.6 Å². The molecule has 2 aromatic rings. The first kappa shape index (κ1) is 13.8. The minimum atomic E-state index is -4.27. The van der Waals surface area contributed by atoms with Gasteiger partial charge in [-0.2, -0.15) is 18.2 Å². The molecule has 1 aromatic carbocycles. The molecule has 0 bridgehead atoms. The van der Waals surface area contributed by atoms with Crippen LogP contribution >= 0.6 is 11.6 Å². The number of alkyl halides is 3. The van der Waals surface area contributed by atoms with Gasteiger partial charge >= 0.3 is 6.18 Å². The molecule has 1 N–H and O–H groups in total. The van der Waals surface area contributed by atoms with Crippen molar-refractivity contribution < 1.29 is 17.7 Å². The van der Waals surface area contributed by atoms with Gasteiger partial charge in [-0.3, -0.25) is 0 Å². The van der Waals surface area contributed by atoms with Crippen LogP contribution in [-0.4, -0.2) is 22.9 Å². The molecule has 0 aliphatic heterocycles. The van der Waals surface area contributed by atoms with Gasteiger partial charge in [0.25, 0.3) is 0 Å². The normalized spacial score (nSPS) is 11.8. The van der Waals surface area contributed by atoms with E-state index in [4.69, 9.17) is 16.1 Å². The molecule has 8 heteroatoms. The second kappa shape index (κ2) is 5.58. The summed E-state index contributed by atoms with van der Waals surface area (Å²) in [5.41, 5.74) is 0.637. The Hall–Kier alpha value is -1.60. The van der Waals surface area contributed by atoms with E-state index >= 15 is 0 Å². The lowest BCUT2D eigenvalue weighted by molar-refractivity contribution is -0.125. The maximum absolute atomic E-state index is 11.9. The first-order chi connectivity index (χ1) is 8.94. The van der Waals surface area contributed by atoms with Crippen LogP contribution in [0.25, 0.3) is 11.4 Å². The van der Waals surface area contributed by atoms with Crippen molar-refractivity contribution in [3.8, 4) is 11.4 Å². The lowest BCUT2D eigenvalue weighted by Crippen LogP contribution is -2.28. The molecule has 0 unspecified atom stereocenters. The van der Waals surface area contributed by atoms with Crippen molar-refractivity contribution in [3.63, 3.8) is 0 Å². The SMILES string of the molecule is FC(F)(F)CNCc1nc(-c2cccc(Cl)c2)no1. The topological polar surface area (TPSA) is 51.0 Å². The van der Waals surface area contributed by atoms with Gasteiger partial charge in [0.15, 0.2) is 0 Å². The van der Waals surface area contributed by atoms with Crippen LogP contribution in [0.3, 0.4) is 0 Å². The molecule has 1 aromatic heterocycles. The van der Waals surface area contributed by atoms with Gasteiger partial charge < -0.3 is 9.84 Å². The molecule has 0 aliphatic rings. The molecular formula is C11H9ClF3N3O. The summed E-state index contributed by atoms with van der Waals surface area (Å²) in [5, 5.41) is 6.36. The molecular weight excluding hydrogens is 283 g/mol. The lowest BCUT2D eigenvalue weighted by Gasteiger charge is -2.05. The van der Waals surface area contributed by atoms with Crippen molar-refractivity contribution in [2.75, 3.05) is 6.54 Å². The van der Waals surface area contributed by atoms with E-state index in [2.05, 4.69) is 15.5 Å². The highest BCUT2D eigenvalue weighted by Crippen LogP contribution is 2.20. The molecule has 4 nitrogen and oxygen atoms in total. The first-order valence-corrected chi connectivity index (χ1v) is 5.68. The quantitative estimate of drug-likeness (QED) is 0.941. The Morgan fingerprint density at radius 1 is 1.32 bits per heavy atom. The Labute approximate surface area is 111 Å². The highest BCUT2D eigenvalue weighted by molar-refractivity contribution is 6.30. The van der Waals surface area contributed by atoms with Crippen LogP contribution in [0, 0.1) is 0 Å². The van der Waals surface area contributed by atoms with Gasteiger partial charge in [0.05, 0.1) is 13.1 Å². The monoisotopic (exact) mass is 291 g/mol. The van der Waals surface area contributed by atoms with Crippen LogP contribution in [0.1, 0.15) is 5.89 Å². The smallest absolute Gasteiger partial charge is 0.338 e. The average molecular weight is 292 g/mol. The largest absolute Gasteiger partial charge is 0.401 e. The molecule has 0 atom stereocenters. The third-order valence-corrected chi connectivity index (χ3v) is 2.39. The number of rotatable bonds is 4. The fourth-order valence-electron chi connectivity index (χ4n) is 1.38. The summed E-state index contributed by atoms with van der Waals surface area (Å²) in [6.45, 7) is -1.26. The van der Waals surface area contributed by atoms with Gasteiger partial charge in [-0.1, -0.05) is 28.9 Å². The lowest BCUT2D eigenvalue weighted by atomic mass is 10.2. The zero-order valence-corrected chi connectivity index (χ0v) is 10.3. The maximum atomic E-state index is 11.9. The molecule has 0 aliphatic carbocycles. The number of nitrogens with zero attached hydrogens (tertiary/aromatic N) is 2. The number of hydrogen-bond donors (Lipinski definition) is 1. The van der Waals surface area contributed by atoms with Crippen LogP contribution < -0.4 is 5.32 Å². The summed E-state index contributed by atoms with van der Waals surface area (Å²) in [6.07, 6.45) is -4.27. The van der Waals surface area contributed by atoms with E-state index < -0.39 is 12.7 Å². The predicted octanol–water partition coefficient (Wildman–Crippen LogP) is 3.04. The summed E-state index contributed by atoms with van der Waals surface area (Å²) in [7, 11) is 0. The van der Waals surface area contributed by atoms with Crippen molar-refractivity contribution in [1.82, 2.24) is 15.5 Å². The number of hydrogen-bond acceptors (Lipinski definition) is 4. The molecule has 0 amide bonds. The molecule has 0 saturated heterocycles. The summed E-state index contributed by atoms with van der Waals surface area (Å²) in [5.74, 6) is 0.366. The Bertz CT molecular complexity index is 556. The Kier molecular flexibility index (Phi) is 4.06. The van der Waals surface area contributed by atoms with Crippen molar-refractivity contribution in [3.05, 3.63) is 35.2 Å². The Morgan fingerprint density at radius 3 is 2.79 bits per heavy atom. The number of halogens is 4. The van der Waals surface area contributed by atoms with Crippen molar-refractivity contribution in [1.29, 1.82) is 0 Å². The zero-order valence-electron chi connectivity index (χ0n) is 9.54. The summed E-state index contributed by atoms with van der Waals surface area (Å²) in [4.78, 5) is 3.97. The molecule has 19 heavy (non-hydrogen) atoms. The van der Waals surface area contributed by atoms with Gasteiger partial charge in [0.2, 0.25) is 11.7 Å². The highest BCUT2D eigenvalue weighted by Gasteiger charge is 2.26. The van der Waals surface area contributed by atoms with Gasteiger partial charge in [-0.15, -0.1) is 0 Å². The van der Waals surface area contributed by atoms with E-state index in [1.807, 2.05) is 0 Å². The second-order valence-corrected chi connectivity index (χ2v) is 4.18. The van der Waals surface area contributed by atoms with Crippen molar-refractivity contribution in [2.45, 2.75) is 12.7 Å². The van der Waals surface area contributed by atoms with Gasteiger partial charge in [-0.05, 0) is 12.1 Å². The molecule has 0 saturated carbocycles. The highest BCUT2D eigenvalue weighted by atomic mass is 35.5. The first-order valence-electron chi connectivity index (χ1n) is 5.30. The maximum Gasteiger partial charge on any atom is 0.401 e. The number of benzene rings is 1. The number of nitrogens with one attached hydrogen (secondary N) is 1. The molecule has 2 rings (SSSR count). The molecule has 102 valence electrons. The predicted molar refractivity (Wildman–Crippen MR) is 62.5 cm³/mol. The van der Waals surface area contributed by atoms with Crippen LogP contribution in [0.4, 0.5) is 13.2 Å². The molecule has 1 heterocycles. The third kappa shape index (κ3) is 4.22. The van der Waals surface area contributed by atoms with Crippen molar-refractivity contribution in [2.24, 2.45) is 0 Å². The average Bonchev–Trinajstić information content (AvgIpc) is 2.76. The van der Waals surface area contributed by atoms with Crippen LogP contribution in [0.15, 0.2) is 28.8 Å². The van der Waals surface area contributed by atoms with Gasteiger partial charge in [0, 0.05) is 10.6 Å². The Balaban J connectivity index is 1.99. The van der Waals surface area contributed by atoms with Crippen LogP contribution in [0.5, 0.6) is 0 Å². The second-order valence-electron chi connectivity index (χ2n) is 3.74. The molecule has 0 spiro atoms. The van der Waals surface area contributed by atoms with E-state index in [-0.39, 0.29) is 18.3 Å². The van der Waals surface area contributed by atoms with Gasteiger partial charge in [0.1, 0.15) is 0 Å². The fraction of sp³-hybridized carbons (Fsp3) is 0.273. The van der Waals surface area contributed by atoms with Gasteiger partial charge in [-0.25, -0.2) is 0 Å². The minimum Gasteiger partial charge on any atom is -0.338 e. The fourth-order valence-corrected chi connectivity index (χ4v) is 1.57. The summed E-state index contributed by atoms with van der Waals surface area (Å²) < 4.78 is 40.6. The molecule has 0 radical (unpaired) electrons. The summed E-state index contributed by atoms with van der Waals surface area (Å²) >= 11 is 5.81. The molecule has 0 fully saturated rings. The standard InChI is InChI=1S/C11H9ClF3N3O/c12-8-3-1-2-7(4-8)10-17-9(19-18-10)5-16-6-11(13,14)15/h1-4,16H,5-6H2. The zero-order chi connectivity index (χ0) is 13.9. The van der Waals surface area contributed by atoms with E-state index in [1.54, 1.807) is 24.3 Å². The van der Waals surface area contributed by atoms with E-state index in [0.717, 1.165) is 0 Å². The Morgan fingerprint density at radius 2 is 2.11 bits per heavy atom. The third-order valence-electron chi connectivity index (χ3n) is 2.15.